The Morgan fingerprint density at radius 2 is 1.46 bits per heavy atom. The number of aliphatic hydroxyl groups is 3. The second-order valence-electron chi connectivity index (χ2n) is 5.43. The van der Waals surface area contributed by atoms with Crippen LogP contribution in [0.4, 0.5) is 0 Å². The zero-order valence-corrected chi connectivity index (χ0v) is 7.88. The van der Waals surface area contributed by atoms with Gasteiger partial charge in [-0.3, -0.25) is 0 Å². The summed E-state index contributed by atoms with van der Waals surface area (Å²) in [6.07, 6.45) is 2.95. The summed E-state index contributed by atoms with van der Waals surface area (Å²) in [7, 11) is 0. The van der Waals surface area contributed by atoms with E-state index in [4.69, 9.17) is 0 Å². The maximum atomic E-state index is 10.4. The van der Waals surface area contributed by atoms with Gasteiger partial charge in [-0.2, -0.15) is 0 Å². The van der Waals surface area contributed by atoms with Crippen molar-refractivity contribution in [2.45, 2.75) is 55.8 Å². The highest BCUT2D eigenvalue weighted by Gasteiger charge is 2.82. The third-order valence-corrected chi connectivity index (χ3v) is 5.23. The molecule has 0 spiro atoms. The van der Waals surface area contributed by atoms with Crippen LogP contribution < -0.4 is 0 Å². The molecule has 0 aromatic rings. The molecule has 13 heavy (non-hydrogen) atoms. The molecule has 4 atom stereocenters. The molecule has 3 N–H and O–H groups in total. The highest BCUT2D eigenvalue weighted by molar-refractivity contribution is 5.33. The van der Waals surface area contributed by atoms with E-state index >= 15 is 0 Å². The normalized spacial score (nSPS) is 69.2. The van der Waals surface area contributed by atoms with Gasteiger partial charge in [-0.15, -0.1) is 0 Å². The number of hydrogen-bond donors (Lipinski definition) is 3. The Kier molecular flexibility index (Phi) is 1.06. The van der Waals surface area contributed by atoms with Crippen molar-refractivity contribution in [1.29, 1.82) is 0 Å². The van der Waals surface area contributed by atoms with E-state index < -0.39 is 22.2 Å². The number of hydrogen-bond acceptors (Lipinski definition) is 3. The average molecular weight is 184 g/mol. The van der Waals surface area contributed by atoms with E-state index in [2.05, 4.69) is 0 Å². The molecule has 0 amide bonds. The van der Waals surface area contributed by atoms with E-state index in [-0.39, 0.29) is 0 Å². The molecule has 4 bridgehead atoms. The Hall–Kier alpha value is -0.120. The Morgan fingerprint density at radius 3 is 1.85 bits per heavy atom. The minimum Gasteiger partial charge on any atom is -0.389 e. The standard InChI is InChI=1S/C10H16O3/c1-7-2-3-9(12)6-8(7,11)4-5-10(7,9)13/h11-13H,2-6H2,1H3/t7-,8-,9-,10-/m0/s1. The van der Waals surface area contributed by atoms with Crippen LogP contribution >= 0.6 is 0 Å². The summed E-state index contributed by atoms with van der Waals surface area (Å²) in [5, 5.41) is 30.9. The zero-order valence-electron chi connectivity index (χ0n) is 7.88. The largest absolute Gasteiger partial charge is 0.389 e. The second kappa shape index (κ2) is 1.69. The molecule has 74 valence electrons. The molecule has 3 saturated carbocycles. The van der Waals surface area contributed by atoms with E-state index in [0.29, 0.717) is 25.7 Å². The lowest BCUT2D eigenvalue weighted by Gasteiger charge is -2.38. The molecule has 3 heteroatoms. The first-order valence-corrected chi connectivity index (χ1v) is 5.04. The minimum absolute atomic E-state index is 0.368. The Morgan fingerprint density at radius 1 is 0.846 bits per heavy atom. The van der Waals surface area contributed by atoms with Gasteiger partial charge in [0, 0.05) is 11.8 Å². The Bertz CT molecular complexity index is 264. The molecule has 3 nitrogen and oxygen atoms in total. The van der Waals surface area contributed by atoms with Crippen molar-refractivity contribution in [3.05, 3.63) is 0 Å². The third-order valence-electron chi connectivity index (χ3n) is 5.23. The van der Waals surface area contributed by atoms with Gasteiger partial charge in [0.05, 0.1) is 11.2 Å². The fraction of sp³-hybridized carbons (Fsp3) is 1.00. The molecule has 3 rings (SSSR count). The molecule has 0 unspecified atom stereocenters. The zero-order chi connectivity index (χ0) is 9.54. The summed E-state index contributed by atoms with van der Waals surface area (Å²) in [6, 6.07) is 0. The lowest BCUT2D eigenvalue weighted by Crippen LogP contribution is -2.50. The van der Waals surface area contributed by atoms with E-state index in [9.17, 15) is 15.3 Å². The Balaban J connectivity index is 2.24. The molecule has 3 aliphatic carbocycles. The van der Waals surface area contributed by atoms with Crippen LogP contribution in [0.1, 0.15) is 39.0 Å². The quantitative estimate of drug-likeness (QED) is 0.503. The predicted molar refractivity (Wildman–Crippen MR) is 46.0 cm³/mol. The van der Waals surface area contributed by atoms with Crippen LogP contribution in [0.3, 0.4) is 0 Å². The van der Waals surface area contributed by atoms with E-state index in [1.165, 1.54) is 0 Å². The minimum atomic E-state index is -1.02. The van der Waals surface area contributed by atoms with Crippen LogP contribution in [0.5, 0.6) is 0 Å². The van der Waals surface area contributed by atoms with Crippen LogP contribution in [0.15, 0.2) is 0 Å². The monoisotopic (exact) mass is 184 g/mol. The van der Waals surface area contributed by atoms with Gasteiger partial charge in [-0.05, 0) is 25.7 Å². The fourth-order valence-corrected chi connectivity index (χ4v) is 4.18. The maximum absolute atomic E-state index is 10.4. The van der Waals surface area contributed by atoms with Crippen LogP contribution in [0.2, 0.25) is 0 Å². The van der Waals surface area contributed by atoms with Gasteiger partial charge < -0.3 is 15.3 Å². The van der Waals surface area contributed by atoms with Crippen LogP contribution in [-0.2, 0) is 0 Å². The van der Waals surface area contributed by atoms with Crippen molar-refractivity contribution in [3.63, 3.8) is 0 Å². The van der Waals surface area contributed by atoms with Crippen molar-refractivity contribution in [2.75, 3.05) is 0 Å². The van der Waals surface area contributed by atoms with Crippen LogP contribution in [0, 0.1) is 5.41 Å². The van der Waals surface area contributed by atoms with E-state index in [1.807, 2.05) is 6.92 Å². The molecular formula is C10H16O3. The summed E-state index contributed by atoms with van der Waals surface area (Å²) < 4.78 is 0. The molecule has 0 saturated heterocycles. The first-order valence-electron chi connectivity index (χ1n) is 5.04. The Labute approximate surface area is 77.4 Å². The van der Waals surface area contributed by atoms with E-state index in [1.54, 1.807) is 0 Å². The topological polar surface area (TPSA) is 60.7 Å². The van der Waals surface area contributed by atoms with Gasteiger partial charge in [0.2, 0.25) is 0 Å². The molecular weight excluding hydrogens is 168 g/mol. The van der Waals surface area contributed by atoms with Gasteiger partial charge in [0.25, 0.3) is 0 Å². The third kappa shape index (κ3) is 0.528. The molecule has 3 fully saturated rings. The summed E-state index contributed by atoms with van der Waals surface area (Å²) >= 11 is 0. The lowest BCUT2D eigenvalue weighted by molar-refractivity contribution is -0.139. The number of rotatable bonds is 0. The summed E-state index contributed by atoms with van der Waals surface area (Å²) in [5.74, 6) is 0. The molecule has 3 aliphatic rings. The van der Waals surface area contributed by atoms with Gasteiger partial charge in [0.15, 0.2) is 0 Å². The van der Waals surface area contributed by atoms with Crippen molar-refractivity contribution >= 4 is 0 Å². The highest BCUT2D eigenvalue weighted by atomic mass is 16.4. The van der Waals surface area contributed by atoms with Gasteiger partial charge >= 0.3 is 0 Å². The molecule has 0 aromatic heterocycles. The average Bonchev–Trinajstić information content (AvgIpc) is 2.41. The van der Waals surface area contributed by atoms with Crippen molar-refractivity contribution in [2.24, 2.45) is 5.41 Å². The summed E-state index contributed by atoms with van der Waals surface area (Å²) in [6.45, 7) is 1.92. The van der Waals surface area contributed by atoms with Crippen LogP contribution in [-0.4, -0.2) is 32.1 Å². The smallest absolute Gasteiger partial charge is 0.102 e. The summed E-state index contributed by atoms with van der Waals surface area (Å²) in [5.41, 5.74) is -3.30. The van der Waals surface area contributed by atoms with Gasteiger partial charge in [-0.25, -0.2) is 0 Å². The molecule has 0 aromatic carbocycles. The maximum Gasteiger partial charge on any atom is 0.102 e. The SMILES string of the molecule is C[C@]12CC[C@]3(O)C[C@@]1(O)CC[C@@]32O. The fourth-order valence-electron chi connectivity index (χ4n) is 4.18. The second-order valence-corrected chi connectivity index (χ2v) is 5.43. The first kappa shape index (κ1) is 8.21. The van der Waals surface area contributed by atoms with Gasteiger partial charge in [-0.1, -0.05) is 6.92 Å². The molecule has 0 aliphatic heterocycles. The first-order chi connectivity index (χ1) is 5.87. The van der Waals surface area contributed by atoms with E-state index in [0.717, 1.165) is 6.42 Å². The van der Waals surface area contributed by atoms with Crippen molar-refractivity contribution in [3.8, 4) is 0 Å². The lowest BCUT2D eigenvalue weighted by atomic mass is 9.73. The van der Waals surface area contributed by atoms with Crippen molar-refractivity contribution < 1.29 is 15.3 Å². The summed E-state index contributed by atoms with van der Waals surface area (Å²) in [4.78, 5) is 0. The van der Waals surface area contributed by atoms with Gasteiger partial charge in [0.1, 0.15) is 5.60 Å². The molecule has 0 radical (unpaired) electrons. The highest BCUT2D eigenvalue weighted by Crippen LogP contribution is 2.73. The predicted octanol–water partition coefficient (Wildman–Crippen LogP) is 0.177. The van der Waals surface area contributed by atoms with Crippen LogP contribution in [0.25, 0.3) is 0 Å². The van der Waals surface area contributed by atoms with Crippen molar-refractivity contribution in [1.82, 2.24) is 0 Å². The molecule has 0 heterocycles.